The van der Waals surface area contributed by atoms with E-state index in [1.807, 2.05) is 0 Å². The number of ether oxygens (including phenoxy) is 1. The first-order valence-electron chi connectivity index (χ1n) is 6.34. The molecule has 0 spiro atoms. The Balaban J connectivity index is 2.24. The van der Waals surface area contributed by atoms with Crippen molar-refractivity contribution in [3.05, 3.63) is 11.7 Å². The average Bonchev–Trinajstić information content (AvgIpc) is 2.92. The number of amides is 1. The lowest BCUT2D eigenvalue weighted by molar-refractivity contribution is -0.137. The molecular weight excluding hydrogens is 272 g/mol. The third-order valence-corrected chi connectivity index (χ3v) is 3.09. The highest BCUT2D eigenvalue weighted by Gasteiger charge is 2.50. The van der Waals surface area contributed by atoms with Crippen molar-refractivity contribution in [2.45, 2.75) is 38.8 Å². The van der Waals surface area contributed by atoms with Crippen molar-refractivity contribution >= 4 is 5.91 Å². The number of nitrogens with zero attached hydrogens (tertiary/aromatic N) is 3. The van der Waals surface area contributed by atoms with Crippen LogP contribution in [0.15, 0.2) is 4.52 Å². The lowest BCUT2D eigenvalue weighted by atomic mass is 10.1. The summed E-state index contributed by atoms with van der Waals surface area (Å²) in [7, 11) is 1.47. The summed E-state index contributed by atoms with van der Waals surface area (Å²) < 4.78 is 37.0. The number of carbonyl (C=O) groups excluding carboxylic acids is 1. The van der Waals surface area contributed by atoms with Crippen LogP contribution < -0.4 is 0 Å². The molecule has 1 aromatic heterocycles. The number of likely N-dealkylation sites (tertiary alicyclic amines) is 1. The molecule has 1 saturated heterocycles. The van der Waals surface area contributed by atoms with E-state index in [0.717, 1.165) is 4.90 Å². The molecule has 6 nitrogen and oxygen atoms in total. The molecule has 112 valence electrons. The zero-order valence-corrected chi connectivity index (χ0v) is 11.6. The van der Waals surface area contributed by atoms with E-state index in [2.05, 4.69) is 10.1 Å². The highest BCUT2D eigenvalue weighted by Crippen LogP contribution is 2.41. The number of rotatable bonds is 4. The van der Waals surface area contributed by atoms with Crippen molar-refractivity contribution in [1.82, 2.24) is 15.0 Å². The van der Waals surface area contributed by atoms with Crippen LogP contribution in [0.3, 0.4) is 0 Å². The van der Waals surface area contributed by atoms with Crippen LogP contribution in [0.4, 0.5) is 8.78 Å². The summed E-state index contributed by atoms with van der Waals surface area (Å²) in [5, 5.41) is 3.64. The van der Waals surface area contributed by atoms with Gasteiger partial charge in [-0.25, -0.2) is 8.78 Å². The molecule has 1 amide bonds. The lowest BCUT2D eigenvalue weighted by Gasteiger charge is -2.23. The second-order valence-corrected chi connectivity index (χ2v) is 5.18. The predicted octanol–water partition coefficient (Wildman–Crippen LogP) is 1.78. The van der Waals surface area contributed by atoms with Crippen LogP contribution in [0.1, 0.15) is 38.0 Å². The van der Waals surface area contributed by atoms with Crippen LogP contribution in [0.2, 0.25) is 0 Å². The lowest BCUT2D eigenvalue weighted by Crippen LogP contribution is -2.35. The van der Waals surface area contributed by atoms with Gasteiger partial charge in [0, 0.05) is 19.4 Å². The van der Waals surface area contributed by atoms with Gasteiger partial charge in [-0.1, -0.05) is 19.0 Å². The van der Waals surface area contributed by atoms with E-state index >= 15 is 0 Å². The Morgan fingerprint density at radius 2 is 2.30 bits per heavy atom. The van der Waals surface area contributed by atoms with Gasteiger partial charge >= 0.3 is 0 Å². The van der Waals surface area contributed by atoms with E-state index in [4.69, 9.17) is 9.26 Å². The van der Waals surface area contributed by atoms with Gasteiger partial charge in [-0.2, -0.15) is 4.98 Å². The summed E-state index contributed by atoms with van der Waals surface area (Å²) in [6.45, 7) is 2.85. The van der Waals surface area contributed by atoms with Crippen LogP contribution in [0.5, 0.6) is 0 Å². The summed E-state index contributed by atoms with van der Waals surface area (Å²) >= 11 is 0. The maximum atomic E-state index is 13.6. The van der Waals surface area contributed by atoms with Gasteiger partial charge in [0.15, 0.2) is 5.82 Å². The van der Waals surface area contributed by atoms with Gasteiger partial charge in [0.05, 0.1) is 6.54 Å². The monoisotopic (exact) mass is 289 g/mol. The standard InChI is InChI=1S/C12H17F2N3O3/c1-7(2)11(18)17-6-12(13,14)4-8(17)10-15-9(5-19-3)16-20-10/h7-8H,4-6H2,1-3H3/t8-/m0/s1. The molecule has 0 unspecified atom stereocenters. The maximum Gasteiger partial charge on any atom is 0.267 e. The van der Waals surface area contributed by atoms with Crippen molar-refractivity contribution in [2.24, 2.45) is 5.92 Å². The van der Waals surface area contributed by atoms with Crippen molar-refractivity contribution < 1.29 is 22.8 Å². The van der Waals surface area contributed by atoms with Crippen LogP contribution in [-0.4, -0.2) is 40.5 Å². The second-order valence-electron chi connectivity index (χ2n) is 5.18. The van der Waals surface area contributed by atoms with Gasteiger partial charge in [0.25, 0.3) is 5.92 Å². The minimum Gasteiger partial charge on any atom is -0.377 e. The average molecular weight is 289 g/mol. The Kier molecular flexibility index (Phi) is 4.03. The van der Waals surface area contributed by atoms with Crippen LogP contribution in [0, 0.1) is 5.92 Å². The van der Waals surface area contributed by atoms with Gasteiger partial charge in [0.2, 0.25) is 11.8 Å². The summed E-state index contributed by atoms with van der Waals surface area (Å²) in [4.78, 5) is 17.2. The molecule has 20 heavy (non-hydrogen) atoms. The van der Waals surface area contributed by atoms with Crippen molar-refractivity contribution in [1.29, 1.82) is 0 Å². The summed E-state index contributed by atoms with van der Waals surface area (Å²) in [6, 6.07) is -0.877. The van der Waals surface area contributed by atoms with Gasteiger partial charge in [-0.3, -0.25) is 4.79 Å². The number of hydrogen-bond acceptors (Lipinski definition) is 5. The summed E-state index contributed by atoms with van der Waals surface area (Å²) in [5.74, 6) is -3.35. The topological polar surface area (TPSA) is 68.5 Å². The van der Waals surface area contributed by atoms with E-state index in [1.165, 1.54) is 7.11 Å². The van der Waals surface area contributed by atoms with Gasteiger partial charge in [-0.05, 0) is 0 Å². The molecule has 1 aliphatic rings. The van der Waals surface area contributed by atoms with Crippen molar-refractivity contribution in [3.8, 4) is 0 Å². The smallest absolute Gasteiger partial charge is 0.267 e. The molecule has 2 rings (SSSR count). The molecule has 8 heteroatoms. The third-order valence-electron chi connectivity index (χ3n) is 3.09. The van der Waals surface area contributed by atoms with Gasteiger partial charge in [-0.15, -0.1) is 0 Å². The maximum absolute atomic E-state index is 13.6. The Hall–Kier alpha value is -1.57. The fourth-order valence-corrected chi connectivity index (χ4v) is 2.19. The third kappa shape index (κ3) is 2.95. The largest absolute Gasteiger partial charge is 0.377 e. The van der Waals surface area contributed by atoms with Crippen molar-refractivity contribution in [3.63, 3.8) is 0 Å². The summed E-state index contributed by atoms with van der Waals surface area (Å²) in [6.07, 6.45) is -0.500. The second kappa shape index (κ2) is 5.43. The van der Waals surface area contributed by atoms with Crippen LogP contribution >= 0.6 is 0 Å². The molecule has 1 fully saturated rings. The first-order valence-corrected chi connectivity index (χ1v) is 6.34. The number of aromatic nitrogens is 2. The zero-order valence-electron chi connectivity index (χ0n) is 11.6. The normalized spacial score (nSPS) is 21.7. The number of methoxy groups -OCH3 is 1. The van der Waals surface area contributed by atoms with Gasteiger partial charge in [0.1, 0.15) is 12.6 Å². The molecule has 0 aromatic carbocycles. The molecule has 0 saturated carbocycles. The molecule has 2 heterocycles. The molecular formula is C12H17F2N3O3. The van der Waals surface area contributed by atoms with E-state index in [-0.39, 0.29) is 30.1 Å². The molecule has 1 aliphatic heterocycles. The Labute approximate surface area is 115 Å². The van der Waals surface area contributed by atoms with E-state index in [0.29, 0.717) is 0 Å². The fraction of sp³-hybridized carbons (Fsp3) is 0.750. The molecule has 0 N–H and O–H groups in total. The molecule has 1 atom stereocenters. The zero-order chi connectivity index (χ0) is 14.9. The van der Waals surface area contributed by atoms with Gasteiger partial charge < -0.3 is 14.2 Å². The Bertz CT molecular complexity index is 490. The first kappa shape index (κ1) is 14.8. The minimum absolute atomic E-state index is 0.0308. The minimum atomic E-state index is -2.94. The number of hydrogen-bond donors (Lipinski definition) is 0. The fourth-order valence-electron chi connectivity index (χ4n) is 2.19. The van der Waals surface area contributed by atoms with E-state index < -0.39 is 24.9 Å². The number of carbonyl (C=O) groups is 1. The Morgan fingerprint density at radius 1 is 1.60 bits per heavy atom. The van der Waals surface area contributed by atoms with Crippen LogP contribution in [0.25, 0.3) is 0 Å². The molecule has 0 aliphatic carbocycles. The van der Waals surface area contributed by atoms with Crippen molar-refractivity contribution in [2.75, 3.05) is 13.7 Å². The SMILES string of the molecule is COCc1noc([C@@H]2CC(F)(F)CN2C(=O)C(C)C)n1. The van der Waals surface area contributed by atoms with E-state index in [9.17, 15) is 13.6 Å². The molecule has 1 aromatic rings. The number of halogens is 2. The number of alkyl halides is 2. The highest BCUT2D eigenvalue weighted by molar-refractivity contribution is 5.79. The van der Waals surface area contributed by atoms with Crippen LogP contribution in [-0.2, 0) is 16.1 Å². The quantitative estimate of drug-likeness (QED) is 0.845. The predicted molar refractivity (Wildman–Crippen MR) is 63.9 cm³/mol. The molecule has 0 bridgehead atoms. The highest BCUT2D eigenvalue weighted by atomic mass is 19.3. The first-order chi connectivity index (χ1) is 9.34. The van der Waals surface area contributed by atoms with E-state index in [1.54, 1.807) is 13.8 Å². The Morgan fingerprint density at radius 3 is 2.90 bits per heavy atom. The molecule has 0 radical (unpaired) electrons. The summed E-state index contributed by atoms with van der Waals surface area (Å²) in [5.41, 5.74) is 0.